The Labute approximate surface area is 83.4 Å². The predicted octanol–water partition coefficient (Wildman–Crippen LogP) is 3.16. The van der Waals surface area contributed by atoms with Gasteiger partial charge in [-0.15, -0.1) is 0 Å². The molecule has 2 rings (SSSR count). The van der Waals surface area contributed by atoms with Gasteiger partial charge in [0, 0.05) is 11.8 Å². The monoisotopic (exact) mass is 217 g/mol. The van der Waals surface area contributed by atoms with E-state index in [0.29, 0.717) is 0 Å². The van der Waals surface area contributed by atoms with E-state index >= 15 is 0 Å². The summed E-state index contributed by atoms with van der Waals surface area (Å²) < 4.78 is 50.8. The van der Waals surface area contributed by atoms with Crippen LogP contribution in [0.3, 0.4) is 0 Å². The average molecular weight is 217 g/mol. The van der Waals surface area contributed by atoms with Crippen LogP contribution in [0.4, 0.5) is 17.6 Å². The highest BCUT2D eigenvalue weighted by Gasteiger charge is 2.43. The first-order valence-electron chi connectivity index (χ1n) is 4.28. The van der Waals surface area contributed by atoms with Crippen LogP contribution >= 0.6 is 0 Å². The number of nitrogens with one attached hydrogen (secondary N) is 1. The first-order chi connectivity index (χ1) is 7.00. The van der Waals surface area contributed by atoms with E-state index in [4.69, 9.17) is 0 Å². The van der Waals surface area contributed by atoms with Crippen molar-refractivity contribution in [2.45, 2.75) is 12.2 Å². The molecule has 1 nitrogen and oxygen atoms in total. The van der Waals surface area contributed by atoms with Crippen molar-refractivity contribution in [3.8, 4) is 0 Å². The summed E-state index contributed by atoms with van der Waals surface area (Å²) in [6.07, 6.45) is -3.67. The minimum atomic E-state index is -4.42. The minimum Gasteiger partial charge on any atom is -0.374 e. The average Bonchev–Trinajstić information content (AvgIpc) is 2.17. The van der Waals surface area contributed by atoms with Crippen molar-refractivity contribution < 1.29 is 17.6 Å². The molecule has 0 bridgehead atoms. The van der Waals surface area contributed by atoms with Crippen LogP contribution < -0.4 is 5.32 Å². The summed E-state index contributed by atoms with van der Waals surface area (Å²) in [5.41, 5.74) is -0.0800. The lowest BCUT2D eigenvalue weighted by molar-refractivity contribution is -0.155. The first kappa shape index (κ1) is 10.0. The Morgan fingerprint density at radius 2 is 1.80 bits per heavy atom. The molecule has 1 aliphatic heterocycles. The van der Waals surface area contributed by atoms with Crippen molar-refractivity contribution in [1.29, 1.82) is 0 Å². The summed E-state index contributed by atoms with van der Waals surface area (Å²) in [5.74, 6) is -0.675. The molecule has 80 valence electrons. The van der Waals surface area contributed by atoms with Gasteiger partial charge in [0.1, 0.15) is 11.9 Å². The third-order valence-electron chi connectivity index (χ3n) is 2.23. The molecule has 1 N–H and O–H groups in total. The molecule has 0 aromatic heterocycles. The van der Waals surface area contributed by atoms with Crippen LogP contribution in [0.25, 0.3) is 5.83 Å². The quantitative estimate of drug-likeness (QED) is 0.658. The zero-order chi connectivity index (χ0) is 11.1. The van der Waals surface area contributed by atoms with Crippen LogP contribution in [0.1, 0.15) is 17.2 Å². The summed E-state index contributed by atoms with van der Waals surface area (Å²) in [6.45, 7) is 0. The molecule has 0 radical (unpaired) electrons. The lowest BCUT2D eigenvalue weighted by Crippen LogP contribution is -2.33. The van der Waals surface area contributed by atoms with Gasteiger partial charge in [0.05, 0.1) is 0 Å². The van der Waals surface area contributed by atoms with Crippen LogP contribution in [-0.2, 0) is 0 Å². The molecule has 1 unspecified atom stereocenters. The van der Waals surface area contributed by atoms with Gasteiger partial charge >= 0.3 is 6.18 Å². The minimum absolute atomic E-state index is 0.00132. The molecular formula is C10H7F4N. The Morgan fingerprint density at radius 3 is 2.47 bits per heavy atom. The summed E-state index contributed by atoms with van der Waals surface area (Å²) in [4.78, 5) is 0. The van der Waals surface area contributed by atoms with Gasteiger partial charge in [-0.3, -0.25) is 0 Å². The summed E-state index contributed by atoms with van der Waals surface area (Å²) in [7, 11) is 0. The lowest BCUT2D eigenvalue weighted by atomic mass is 9.97. The van der Waals surface area contributed by atoms with Gasteiger partial charge in [-0.1, -0.05) is 24.3 Å². The second kappa shape index (κ2) is 3.25. The second-order valence-electron chi connectivity index (χ2n) is 3.22. The highest BCUT2D eigenvalue weighted by atomic mass is 19.4. The van der Waals surface area contributed by atoms with E-state index in [0.717, 1.165) is 6.20 Å². The van der Waals surface area contributed by atoms with Crippen LogP contribution in [0.5, 0.6) is 0 Å². The van der Waals surface area contributed by atoms with Gasteiger partial charge in [0.25, 0.3) is 0 Å². The number of alkyl halides is 3. The standard InChI is InChI=1S/C10H7F4N/c11-8-5-15-9(10(12,13)14)7-4-2-1-3-6(7)8/h1-5,9,15H. The van der Waals surface area contributed by atoms with Crippen molar-refractivity contribution in [3.63, 3.8) is 0 Å². The van der Waals surface area contributed by atoms with E-state index in [1.54, 1.807) is 0 Å². The SMILES string of the molecule is FC1=CNC(C(F)(F)F)c2ccccc21. The van der Waals surface area contributed by atoms with Crippen molar-refractivity contribution in [2.75, 3.05) is 0 Å². The molecule has 1 aliphatic rings. The van der Waals surface area contributed by atoms with Crippen molar-refractivity contribution in [3.05, 3.63) is 41.6 Å². The van der Waals surface area contributed by atoms with Crippen LogP contribution in [0.2, 0.25) is 0 Å². The van der Waals surface area contributed by atoms with Gasteiger partial charge in [0.2, 0.25) is 0 Å². The van der Waals surface area contributed by atoms with E-state index in [1.807, 2.05) is 5.32 Å². The highest BCUT2D eigenvalue weighted by Crippen LogP contribution is 2.39. The largest absolute Gasteiger partial charge is 0.412 e. The molecule has 0 fully saturated rings. The molecule has 0 spiro atoms. The fraction of sp³-hybridized carbons (Fsp3) is 0.200. The summed E-state index contributed by atoms with van der Waals surface area (Å²) in [5, 5.41) is 2.00. The number of benzene rings is 1. The maximum Gasteiger partial charge on any atom is 0.412 e. The summed E-state index contributed by atoms with van der Waals surface area (Å²) >= 11 is 0. The molecule has 1 heterocycles. The number of rotatable bonds is 0. The number of halogens is 4. The van der Waals surface area contributed by atoms with Gasteiger partial charge in [0.15, 0.2) is 0 Å². The van der Waals surface area contributed by atoms with Crippen molar-refractivity contribution >= 4 is 5.83 Å². The highest BCUT2D eigenvalue weighted by molar-refractivity contribution is 5.65. The first-order valence-corrected chi connectivity index (χ1v) is 4.28. The molecule has 1 aromatic rings. The number of hydrogen-bond acceptors (Lipinski definition) is 1. The molecule has 1 atom stereocenters. The maximum atomic E-state index is 13.2. The van der Waals surface area contributed by atoms with E-state index < -0.39 is 18.0 Å². The second-order valence-corrected chi connectivity index (χ2v) is 3.22. The van der Waals surface area contributed by atoms with E-state index in [2.05, 4.69) is 0 Å². The Bertz CT molecular complexity index is 408. The Morgan fingerprint density at radius 1 is 1.13 bits per heavy atom. The normalized spacial score (nSPS) is 20.3. The van der Waals surface area contributed by atoms with Gasteiger partial charge in [-0.25, -0.2) is 4.39 Å². The summed E-state index contributed by atoms with van der Waals surface area (Å²) in [6, 6.07) is 3.74. The molecule has 0 amide bonds. The van der Waals surface area contributed by atoms with E-state index in [1.165, 1.54) is 24.3 Å². The van der Waals surface area contributed by atoms with Crippen molar-refractivity contribution in [1.82, 2.24) is 5.32 Å². The molecule has 0 saturated heterocycles. The number of hydrogen-bond donors (Lipinski definition) is 1. The van der Waals surface area contributed by atoms with E-state index in [9.17, 15) is 17.6 Å². The zero-order valence-electron chi connectivity index (χ0n) is 7.48. The Hall–Kier alpha value is -1.52. The molecule has 15 heavy (non-hydrogen) atoms. The van der Waals surface area contributed by atoms with Gasteiger partial charge in [-0.05, 0) is 5.56 Å². The Balaban J connectivity index is 2.51. The fourth-order valence-corrected chi connectivity index (χ4v) is 1.56. The molecule has 0 aliphatic carbocycles. The molecule has 0 saturated carbocycles. The topological polar surface area (TPSA) is 12.0 Å². The van der Waals surface area contributed by atoms with Crippen molar-refractivity contribution in [2.24, 2.45) is 0 Å². The lowest BCUT2D eigenvalue weighted by Gasteiger charge is -2.26. The van der Waals surface area contributed by atoms with Gasteiger partial charge < -0.3 is 5.32 Å². The van der Waals surface area contributed by atoms with E-state index in [-0.39, 0.29) is 11.1 Å². The van der Waals surface area contributed by atoms with Crippen LogP contribution in [0.15, 0.2) is 30.5 Å². The molecule has 1 aromatic carbocycles. The number of fused-ring (bicyclic) bond motifs is 1. The zero-order valence-corrected chi connectivity index (χ0v) is 7.48. The Kier molecular flexibility index (Phi) is 2.17. The smallest absolute Gasteiger partial charge is 0.374 e. The molecule has 5 heteroatoms. The van der Waals surface area contributed by atoms with Gasteiger partial charge in [-0.2, -0.15) is 13.2 Å². The molecular weight excluding hydrogens is 210 g/mol. The fourth-order valence-electron chi connectivity index (χ4n) is 1.56. The predicted molar refractivity (Wildman–Crippen MR) is 47.5 cm³/mol. The van der Waals surface area contributed by atoms with Crippen LogP contribution in [0, 0.1) is 0 Å². The third-order valence-corrected chi connectivity index (χ3v) is 2.23. The maximum absolute atomic E-state index is 13.2. The third kappa shape index (κ3) is 1.69. The van der Waals surface area contributed by atoms with Crippen LogP contribution in [-0.4, -0.2) is 6.18 Å².